The van der Waals surface area contributed by atoms with Crippen LogP contribution in [-0.4, -0.2) is 31.1 Å². The maximum atomic E-state index is 12.9. The fraction of sp³-hybridized carbons (Fsp3) is 0.0870. The third-order valence-corrected chi connectivity index (χ3v) is 5.59. The molecule has 0 spiro atoms. The van der Waals surface area contributed by atoms with Crippen LogP contribution < -0.4 is 0 Å². The Bertz CT molecular complexity index is 1330. The zero-order chi connectivity index (χ0) is 21.4. The molecule has 1 heterocycles. The number of methoxy groups -OCH3 is 2. The fourth-order valence-corrected chi connectivity index (χ4v) is 3.79. The lowest BCUT2D eigenvalue weighted by Gasteiger charge is -2.16. The Labute approximate surface area is 182 Å². The van der Waals surface area contributed by atoms with Gasteiger partial charge in [-0.1, -0.05) is 59.6 Å². The SMILES string of the molecule is COC(=O)c1c(-c2ccc(Cl)c(Cl)c2)nc2ccc3ccccc3c2c1C(=O)OC. The van der Waals surface area contributed by atoms with E-state index in [2.05, 4.69) is 0 Å². The minimum atomic E-state index is -0.709. The summed E-state index contributed by atoms with van der Waals surface area (Å²) in [5.74, 6) is -1.38. The van der Waals surface area contributed by atoms with Crippen molar-refractivity contribution in [2.45, 2.75) is 0 Å². The van der Waals surface area contributed by atoms with E-state index in [1.807, 2.05) is 30.3 Å². The molecular weight excluding hydrogens is 425 g/mol. The summed E-state index contributed by atoms with van der Waals surface area (Å²) in [5.41, 5.74) is 1.40. The summed E-state index contributed by atoms with van der Waals surface area (Å²) >= 11 is 12.2. The van der Waals surface area contributed by atoms with Gasteiger partial charge in [0, 0.05) is 10.9 Å². The number of ether oxygens (including phenoxy) is 2. The van der Waals surface area contributed by atoms with E-state index in [9.17, 15) is 9.59 Å². The van der Waals surface area contributed by atoms with Crippen LogP contribution in [0.25, 0.3) is 32.9 Å². The van der Waals surface area contributed by atoms with Crippen molar-refractivity contribution < 1.29 is 19.1 Å². The zero-order valence-electron chi connectivity index (χ0n) is 16.0. The Morgan fingerprint density at radius 1 is 0.833 bits per heavy atom. The number of carbonyl (C=O) groups excluding carboxylic acids is 2. The van der Waals surface area contributed by atoms with Gasteiger partial charge in [-0.25, -0.2) is 14.6 Å². The number of fused-ring (bicyclic) bond motifs is 3. The van der Waals surface area contributed by atoms with Crippen molar-refractivity contribution in [3.8, 4) is 11.3 Å². The first-order valence-electron chi connectivity index (χ1n) is 8.93. The number of pyridine rings is 1. The van der Waals surface area contributed by atoms with Gasteiger partial charge in [-0.2, -0.15) is 0 Å². The number of aromatic nitrogens is 1. The van der Waals surface area contributed by atoms with Crippen molar-refractivity contribution in [1.29, 1.82) is 0 Å². The van der Waals surface area contributed by atoms with Crippen molar-refractivity contribution in [1.82, 2.24) is 4.98 Å². The largest absolute Gasteiger partial charge is 0.465 e. The fourth-order valence-electron chi connectivity index (χ4n) is 3.50. The molecule has 150 valence electrons. The van der Waals surface area contributed by atoms with Crippen LogP contribution in [0.4, 0.5) is 0 Å². The molecule has 5 nitrogen and oxygen atoms in total. The standard InChI is InChI=1S/C23H15Cl2NO4/c1-29-22(27)19-18-14-6-4-3-5-12(14)8-10-17(18)26-21(20(19)23(28)30-2)13-7-9-15(24)16(25)11-13/h3-11H,1-2H3. The molecule has 0 aliphatic heterocycles. The average Bonchev–Trinajstić information content (AvgIpc) is 2.78. The maximum Gasteiger partial charge on any atom is 0.340 e. The lowest BCUT2D eigenvalue weighted by molar-refractivity contribution is 0.0557. The van der Waals surface area contributed by atoms with Gasteiger partial charge in [-0.3, -0.25) is 0 Å². The van der Waals surface area contributed by atoms with Crippen LogP contribution in [0.1, 0.15) is 20.7 Å². The molecule has 30 heavy (non-hydrogen) atoms. The molecule has 0 radical (unpaired) electrons. The molecule has 1 aromatic heterocycles. The first kappa shape index (κ1) is 20.1. The minimum absolute atomic E-state index is 0.00610. The highest BCUT2D eigenvalue weighted by Gasteiger charge is 2.28. The quantitative estimate of drug-likeness (QED) is 0.292. The monoisotopic (exact) mass is 439 g/mol. The summed E-state index contributed by atoms with van der Waals surface area (Å²) in [6.07, 6.45) is 0. The molecule has 0 N–H and O–H groups in total. The van der Waals surface area contributed by atoms with E-state index in [0.717, 1.165) is 10.8 Å². The van der Waals surface area contributed by atoms with Crippen LogP contribution in [0.3, 0.4) is 0 Å². The van der Waals surface area contributed by atoms with Crippen molar-refractivity contribution in [2.24, 2.45) is 0 Å². The Hall–Kier alpha value is -3.15. The summed E-state index contributed by atoms with van der Waals surface area (Å²) < 4.78 is 10.0. The molecule has 0 unspecified atom stereocenters. The highest BCUT2D eigenvalue weighted by Crippen LogP contribution is 2.37. The van der Waals surface area contributed by atoms with Gasteiger partial charge in [0.25, 0.3) is 0 Å². The van der Waals surface area contributed by atoms with Gasteiger partial charge in [-0.15, -0.1) is 0 Å². The van der Waals surface area contributed by atoms with Gasteiger partial charge in [0.15, 0.2) is 0 Å². The van der Waals surface area contributed by atoms with Crippen LogP contribution in [-0.2, 0) is 9.47 Å². The number of esters is 2. The molecule has 0 saturated carbocycles. The molecule has 7 heteroatoms. The number of hydrogen-bond acceptors (Lipinski definition) is 5. The van der Waals surface area contributed by atoms with E-state index in [0.29, 0.717) is 26.5 Å². The molecule has 3 aromatic carbocycles. The van der Waals surface area contributed by atoms with Crippen LogP contribution in [0, 0.1) is 0 Å². The second kappa shape index (κ2) is 7.94. The average molecular weight is 440 g/mol. The Morgan fingerprint density at radius 3 is 2.23 bits per heavy atom. The molecule has 0 amide bonds. The zero-order valence-corrected chi connectivity index (χ0v) is 17.5. The lowest BCUT2D eigenvalue weighted by Crippen LogP contribution is -2.15. The highest BCUT2D eigenvalue weighted by atomic mass is 35.5. The van der Waals surface area contributed by atoms with Crippen LogP contribution in [0.5, 0.6) is 0 Å². The molecule has 0 fully saturated rings. The molecular formula is C23H15Cl2NO4. The summed E-state index contributed by atoms with van der Waals surface area (Å²) in [5, 5.41) is 2.85. The van der Waals surface area contributed by atoms with Crippen molar-refractivity contribution in [3.05, 3.63) is 75.8 Å². The minimum Gasteiger partial charge on any atom is -0.465 e. The van der Waals surface area contributed by atoms with E-state index in [-0.39, 0.29) is 16.8 Å². The van der Waals surface area contributed by atoms with Crippen molar-refractivity contribution in [3.63, 3.8) is 0 Å². The van der Waals surface area contributed by atoms with Crippen molar-refractivity contribution in [2.75, 3.05) is 14.2 Å². The van der Waals surface area contributed by atoms with Crippen molar-refractivity contribution >= 4 is 56.8 Å². The van der Waals surface area contributed by atoms with E-state index in [1.165, 1.54) is 14.2 Å². The second-order valence-electron chi connectivity index (χ2n) is 6.50. The molecule has 0 aliphatic carbocycles. The molecule has 0 saturated heterocycles. The number of benzene rings is 3. The molecule has 4 aromatic rings. The topological polar surface area (TPSA) is 65.5 Å². The number of carbonyl (C=O) groups is 2. The number of hydrogen-bond donors (Lipinski definition) is 0. The van der Waals surface area contributed by atoms with Gasteiger partial charge in [0.1, 0.15) is 5.56 Å². The maximum absolute atomic E-state index is 12.9. The Morgan fingerprint density at radius 2 is 1.53 bits per heavy atom. The van der Waals surface area contributed by atoms with Gasteiger partial charge < -0.3 is 9.47 Å². The number of nitrogens with zero attached hydrogens (tertiary/aromatic N) is 1. The first-order valence-corrected chi connectivity index (χ1v) is 9.69. The van der Waals surface area contributed by atoms with E-state index >= 15 is 0 Å². The molecule has 0 aliphatic rings. The smallest absolute Gasteiger partial charge is 0.340 e. The molecule has 0 bridgehead atoms. The number of halogens is 2. The predicted molar refractivity (Wildman–Crippen MR) is 117 cm³/mol. The summed E-state index contributed by atoms with van der Waals surface area (Å²) in [6.45, 7) is 0. The summed E-state index contributed by atoms with van der Waals surface area (Å²) in [7, 11) is 2.51. The van der Waals surface area contributed by atoms with Gasteiger partial charge >= 0.3 is 11.9 Å². The van der Waals surface area contributed by atoms with Gasteiger partial charge in [0.05, 0.1) is 41.0 Å². The highest BCUT2D eigenvalue weighted by molar-refractivity contribution is 6.42. The lowest BCUT2D eigenvalue weighted by atomic mass is 9.93. The van der Waals surface area contributed by atoms with E-state index < -0.39 is 11.9 Å². The number of rotatable bonds is 3. The van der Waals surface area contributed by atoms with E-state index in [4.69, 9.17) is 37.7 Å². The predicted octanol–water partition coefficient (Wildman–Crippen LogP) is 5.94. The van der Waals surface area contributed by atoms with Gasteiger partial charge in [0.2, 0.25) is 0 Å². The first-order chi connectivity index (χ1) is 14.5. The summed E-state index contributed by atoms with van der Waals surface area (Å²) in [6, 6.07) is 16.1. The van der Waals surface area contributed by atoms with E-state index in [1.54, 1.807) is 24.3 Å². The normalized spacial score (nSPS) is 10.9. The third-order valence-electron chi connectivity index (χ3n) is 4.85. The van der Waals surface area contributed by atoms with Crippen LogP contribution in [0.2, 0.25) is 10.0 Å². The van der Waals surface area contributed by atoms with Crippen LogP contribution >= 0.6 is 23.2 Å². The Kier molecular flexibility index (Phi) is 5.33. The second-order valence-corrected chi connectivity index (χ2v) is 7.32. The Balaban J connectivity index is 2.23. The summed E-state index contributed by atoms with van der Waals surface area (Å²) in [4.78, 5) is 30.5. The van der Waals surface area contributed by atoms with Gasteiger partial charge in [-0.05, 0) is 29.0 Å². The van der Waals surface area contributed by atoms with Crippen LogP contribution in [0.15, 0.2) is 54.6 Å². The third kappa shape index (κ3) is 3.26. The molecule has 0 atom stereocenters. The molecule has 4 rings (SSSR count).